The molecule has 7 heteroatoms. The van der Waals surface area contributed by atoms with Gasteiger partial charge in [-0.15, -0.1) is 0 Å². The van der Waals surface area contributed by atoms with E-state index >= 15 is 0 Å². The summed E-state index contributed by atoms with van der Waals surface area (Å²) in [5.41, 5.74) is -0.158. The SMILES string of the molecule is CN1CCC(C(=O)Nc2cc(C(=O)O)cc(C(=O)O)c2)C1. The van der Waals surface area contributed by atoms with Crippen LogP contribution in [0.25, 0.3) is 0 Å². The van der Waals surface area contributed by atoms with E-state index in [2.05, 4.69) is 5.32 Å². The summed E-state index contributed by atoms with van der Waals surface area (Å²) >= 11 is 0. The molecule has 1 fully saturated rings. The number of carbonyl (C=O) groups is 3. The van der Waals surface area contributed by atoms with Crippen molar-refractivity contribution in [3.8, 4) is 0 Å². The standard InChI is InChI=1S/C14H16N2O5/c1-16-3-2-8(7-16)12(17)15-11-5-9(13(18)19)4-10(6-11)14(20)21/h4-6,8H,2-3,7H2,1H3,(H,15,17)(H,18,19)(H,20,21). The van der Waals surface area contributed by atoms with Gasteiger partial charge in [0, 0.05) is 12.2 Å². The van der Waals surface area contributed by atoms with Crippen molar-refractivity contribution >= 4 is 23.5 Å². The van der Waals surface area contributed by atoms with Gasteiger partial charge in [0.2, 0.25) is 5.91 Å². The Kier molecular flexibility index (Phi) is 4.23. The number of anilines is 1. The lowest BCUT2D eigenvalue weighted by Gasteiger charge is -2.12. The second-order valence-electron chi connectivity index (χ2n) is 5.15. The van der Waals surface area contributed by atoms with Crippen LogP contribution in [-0.4, -0.2) is 53.1 Å². The first-order valence-electron chi connectivity index (χ1n) is 6.48. The molecule has 7 nitrogen and oxygen atoms in total. The van der Waals surface area contributed by atoms with Gasteiger partial charge in [0.1, 0.15) is 0 Å². The Labute approximate surface area is 121 Å². The highest BCUT2D eigenvalue weighted by atomic mass is 16.4. The summed E-state index contributed by atoms with van der Waals surface area (Å²) < 4.78 is 0. The molecule has 1 aliphatic heterocycles. The van der Waals surface area contributed by atoms with E-state index in [1.807, 2.05) is 11.9 Å². The van der Waals surface area contributed by atoms with Crippen molar-refractivity contribution in [1.82, 2.24) is 4.90 Å². The van der Waals surface area contributed by atoms with Crippen LogP contribution in [0.4, 0.5) is 5.69 Å². The average molecular weight is 292 g/mol. The van der Waals surface area contributed by atoms with E-state index in [4.69, 9.17) is 10.2 Å². The molecule has 1 saturated heterocycles. The van der Waals surface area contributed by atoms with Crippen LogP contribution in [0.15, 0.2) is 18.2 Å². The van der Waals surface area contributed by atoms with Crippen LogP contribution in [0.3, 0.4) is 0 Å². The Balaban J connectivity index is 2.20. The van der Waals surface area contributed by atoms with Crippen LogP contribution >= 0.6 is 0 Å². The van der Waals surface area contributed by atoms with Crippen molar-refractivity contribution < 1.29 is 24.6 Å². The molecule has 0 spiro atoms. The maximum absolute atomic E-state index is 12.1. The Morgan fingerprint density at radius 2 is 1.71 bits per heavy atom. The third-order valence-electron chi connectivity index (χ3n) is 3.46. The smallest absolute Gasteiger partial charge is 0.335 e. The van der Waals surface area contributed by atoms with Gasteiger partial charge in [0.15, 0.2) is 0 Å². The van der Waals surface area contributed by atoms with Crippen LogP contribution in [0.1, 0.15) is 27.1 Å². The Morgan fingerprint density at radius 3 is 2.14 bits per heavy atom. The van der Waals surface area contributed by atoms with Gasteiger partial charge in [-0.3, -0.25) is 4.79 Å². The third-order valence-corrected chi connectivity index (χ3v) is 3.46. The molecule has 1 heterocycles. The van der Waals surface area contributed by atoms with Gasteiger partial charge in [-0.05, 0) is 38.2 Å². The summed E-state index contributed by atoms with van der Waals surface area (Å²) in [5, 5.41) is 20.6. The van der Waals surface area contributed by atoms with Crippen LogP contribution < -0.4 is 5.32 Å². The van der Waals surface area contributed by atoms with E-state index in [-0.39, 0.29) is 28.6 Å². The number of aromatic carboxylic acids is 2. The topological polar surface area (TPSA) is 107 Å². The van der Waals surface area contributed by atoms with Crippen LogP contribution in [0.5, 0.6) is 0 Å². The molecular formula is C14H16N2O5. The molecule has 1 atom stereocenters. The maximum atomic E-state index is 12.1. The van der Waals surface area contributed by atoms with Crippen molar-refractivity contribution in [1.29, 1.82) is 0 Å². The average Bonchev–Trinajstić information content (AvgIpc) is 2.85. The summed E-state index contributed by atoms with van der Waals surface area (Å²) in [6.07, 6.45) is 0.729. The van der Waals surface area contributed by atoms with E-state index in [0.717, 1.165) is 19.0 Å². The second-order valence-corrected chi connectivity index (χ2v) is 5.15. The Bertz CT molecular complexity index is 567. The number of rotatable bonds is 4. The molecular weight excluding hydrogens is 276 g/mol. The fourth-order valence-corrected chi connectivity index (χ4v) is 2.34. The van der Waals surface area contributed by atoms with E-state index in [9.17, 15) is 14.4 Å². The zero-order valence-corrected chi connectivity index (χ0v) is 11.5. The predicted octanol–water partition coefficient (Wildman–Crippen LogP) is 0.973. The highest BCUT2D eigenvalue weighted by Crippen LogP contribution is 2.20. The van der Waals surface area contributed by atoms with E-state index in [1.165, 1.54) is 12.1 Å². The molecule has 0 bridgehead atoms. The van der Waals surface area contributed by atoms with Crippen LogP contribution in [0.2, 0.25) is 0 Å². The number of carboxylic acid groups (broad SMARTS) is 2. The molecule has 1 amide bonds. The number of amides is 1. The van der Waals surface area contributed by atoms with Gasteiger partial charge >= 0.3 is 11.9 Å². The summed E-state index contributed by atoms with van der Waals surface area (Å²) in [7, 11) is 1.92. The predicted molar refractivity (Wildman–Crippen MR) is 74.6 cm³/mol. The third kappa shape index (κ3) is 3.57. The Morgan fingerprint density at radius 1 is 1.14 bits per heavy atom. The number of hydrogen-bond acceptors (Lipinski definition) is 4. The van der Waals surface area contributed by atoms with Crippen molar-refractivity contribution in [2.24, 2.45) is 5.92 Å². The normalized spacial score (nSPS) is 18.4. The first-order valence-corrected chi connectivity index (χ1v) is 6.48. The fourth-order valence-electron chi connectivity index (χ4n) is 2.34. The molecule has 0 saturated carbocycles. The van der Waals surface area contributed by atoms with Gasteiger partial charge in [-0.2, -0.15) is 0 Å². The van der Waals surface area contributed by atoms with Crippen molar-refractivity contribution in [3.63, 3.8) is 0 Å². The molecule has 1 aromatic carbocycles. The van der Waals surface area contributed by atoms with E-state index < -0.39 is 11.9 Å². The van der Waals surface area contributed by atoms with Crippen molar-refractivity contribution in [2.45, 2.75) is 6.42 Å². The number of carbonyl (C=O) groups excluding carboxylic acids is 1. The zero-order valence-electron chi connectivity index (χ0n) is 11.5. The minimum atomic E-state index is -1.24. The second kappa shape index (κ2) is 5.92. The number of nitrogens with zero attached hydrogens (tertiary/aromatic N) is 1. The van der Waals surface area contributed by atoms with Gasteiger partial charge in [-0.1, -0.05) is 0 Å². The lowest BCUT2D eigenvalue weighted by Crippen LogP contribution is -2.25. The number of nitrogens with one attached hydrogen (secondary N) is 1. The summed E-state index contributed by atoms with van der Waals surface area (Å²) in [5.74, 6) is -2.88. The number of carboxylic acids is 2. The number of hydrogen-bond donors (Lipinski definition) is 3. The Hall–Kier alpha value is -2.41. The lowest BCUT2D eigenvalue weighted by molar-refractivity contribution is -0.119. The molecule has 1 unspecified atom stereocenters. The maximum Gasteiger partial charge on any atom is 0.335 e. The van der Waals surface area contributed by atoms with Crippen molar-refractivity contribution in [2.75, 3.05) is 25.5 Å². The van der Waals surface area contributed by atoms with Gasteiger partial charge in [0.25, 0.3) is 0 Å². The monoisotopic (exact) mass is 292 g/mol. The van der Waals surface area contributed by atoms with Gasteiger partial charge in [0.05, 0.1) is 17.0 Å². The molecule has 1 aromatic rings. The molecule has 3 N–H and O–H groups in total. The fraction of sp³-hybridized carbons (Fsp3) is 0.357. The van der Waals surface area contributed by atoms with Crippen LogP contribution in [-0.2, 0) is 4.79 Å². The summed E-state index contributed by atoms with van der Waals surface area (Å²) in [6.45, 7) is 1.46. The first-order chi connectivity index (χ1) is 9.86. The molecule has 0 aromatic heterocycles. The number of benzene rings is 1. The molecule has 21 heavy (non-hydrogen) atoms. The van der Waals surface area contributed by atoms with E-state index in [0.29, 0.717) is 6.54 Å². The molecule has 0 aliphatic carbocycles. The summed E-state index contributed by atoms with van der Waals surface area (Å²) in [4.78, 5) is 36.1. The molecule has 1 aliphatic rings. The van der Waals surface area contributed by atoms with Crippen molar-refractivity contribution in [3.05, 3.63) is 29.3 Å². The molecule has 2 rings (SSSR count). The highest BCUT2D eigenvalue weighted by Gasteiger charge is 2.26. The van der Waals surface area contributed by atoms with Gasteiger partial charge < -0.3 is 20.4 Å². The minimum absolute atomic E-state index is 0.170. The minimum Gasteiger partial charge on any atom is -0.478 e. The largest absolute Gasteiger partial charge is 0.478 e. The van der Waals surface area contributed by atoms with E-state index in [1.54, 1.807) is 0 Å². The van der Waals surface area contributed by atoms with Crippen LogP contribution in [0, 0.1) is 5.92 Å². The molecule has 0 radical (unpaired) electrons. The lowest BCUT2D eigenvalue weighted by atomic mass is 10.1. The molecule has 112 valence electrons. The highest BCUT2D eigenvalue weighted by molar-refractivity contribution is 5.99. The quantitative estimate of drug-likeness (QED) is 0.763. The summed E-state index contributed by atoms with van der Waals surface area (Å²) in [6, 6.07) is 3.57. The number of likely N-dealkylation sites (tertiary alicyclic amines) is 1. The van der Waals surface area contributed by atoms with Gasteiger partial charge in [-0.25, -0.2) is 9.59 Å². The zero-order chi connectivity index (χ0) is 15.6. The first kappa shape index (κ1) is 15.0.